The predicted octanol–water partition coefficient (Wildman–Crippen LogP) is 2.82. The number of hydrogen-bond acceptors (Lipinski definition) is 3. The zero-order chi connectivity index (χ0) is 14.8. The second kappa shape index (κ2) is 6.49. The van der Waals surface area contributed by atoms with Crippen LogP contribution in [0.2, 0.25) is 0 Å². The summed E-state index contributed by atoms with van der Waals surface area (Å²) >= 11 is 0. The molecular formula is C17H30N4. The summed E-state index contributed by atoms with van der Waals surface area (Å²) < 4.78 is 2.22. The maximum atomic E-state index is 4.85. The van der Waals surface area contributed by atoms with Crippen LogP contribution in [0.15, 0.2) is 12.3 Å². The smallest absolute Gasteiger partial charge is 0.0765 e. The van der Waals surface area contributed by atoms with Gasteiger partial charge in [-0.2, -0.15) is 5.10 Å². The Morgan fingerprint density at radius 1 is 1.33 bits per heavy atom. The van der Waals surface area contributed by atoms with Gasteiger partial charge in [-0.1, -0.05) is 26.7 Å². The van der Waals surface area contributed by atoms with Crippen LogP contribution in [0, 0.1) is 5.92 Å². The Morgan fingerprint density at radius 3 is 2.81 bits per heavy atom. The summed E-state index contributed by atoms with van der Waals surface area (Å²) in [7, 11) is 0. The molecule has 0 radical (unpaired) electrons. The molecule has 3 rings (SSSR count). The maximum absolute atomic E-state index is 4.85. The molecule has 0 amide bonds. The molecule has 0 aromatic carbocycles. The molecule has 4 nitrogen and oxygen atoms in total. The quantitative estimate of drug-likeness (QED) is 0.925. The summed E-state index contributed by atoms with van der Waals surface area (Å²) in [6.45, 7) is 10.1. The van der Waals surface area contributed by atoms with Crippen LogP contribution < -0.4 is 5.32 Å². The van der Waals surface area contributed by atoms with Gasteiger partial charge < -0.3 is 5.32 Å². The zero-order valence-corrected chi connectivity index (χ0v) is 13.8. The third-order valence-electron chi connectivity index (χ3n) is 5.26. The number of piperazine rings is 1. The van der Waals surface area contributed by atoms with Gasteiger partial charge in [-0.05, 0) is 31.7 Å². The van der Waals surface area contributed by atoms with E-state index in [9.17, 15) is 0 Å². The molecule has 1 aromatic rings. The third-order valence-corrected chi connectivity index (χ3v) is 5.26. The predicted molar refractivity (Wildman–Crippen MR) is 86.2 cm³/mol. The average Bonchev–Trinajstić information content (AvgIpc) is 3.11. The molecule has 1 N–H and O–H groups in total. The van der Waals surface area contributed by atoms with Gasteiger partial charge in [0.1, 0.15) is 0 Å². The van der Waals surface area contributed by atoms with E-state index in [4.69, 9.17) is 5.10 Å². The Labute approximate surface area is 128 Å². The van der Waals surface area contributed by atoms with E-state index in [1.807, 2.05) is 0 Å². The van der Waals surface area contributed by atoms with Gasteiger partial charge >= 0.3 is 0 Å². The van der Waals surface area contributed by atoms with Gasteiger partial charge in [0.2, 0.25) is 0 Å². The lowest BCUT2D eigenvalue weighted by Crippen LogP contribution is -2.56. The van der Waals surface area contributed by atoms with Crippen molar-refractivity contribution in [1.29, 1.82) is 0 Å². The van der Waals surface area contributed by atoms with Crippen molar-refractivity contribution in [2.75, 3.05) is 13.1 Å². The van der Waals surface area contributed by atoms with Gasteiger partial charge in [-0.3, -0.25) is 9.58 Å². The first-order valence-corrected chi connectivity index (χ1v) is 8.65. The molecular weight excluding hydrogens is 260 g/mol. The lowest BCUT2D eigenvalue weighted by Gasteiger charge is -2.40. The molecule has 118 valence electrons. The Bertz CT molecular complexity index is 447. The van der Waals surface area contributed by atoms with Gasteiger partial charge in [0, 0.05) is 37.9 Å². The van der Waals surface area contributed by atoms with Crippen LogP contribution in [0.3, 0.4) is 0 Å². The number of aromatic nitrogens is 2. The first-order chi connectivity index (χ1) is 10.1. The van der Waals surface area contributed by atoms with E-state index in [0.29, 0.717) is 24.0 Å². The van der Waals surface area contributed by atoms with Crippen molar-refractivity contribution in [3.63, 3.8) is 0 Å². The monoisotopic (exact) mass is 290 g/mol. The summed E-state index contributed by atoms with van der Waals surface area (Å²) in [5, 5.41) is 8.51. The molecule has 1 saturated carbocycles. The lowest BCUT2D eigenvalue weighted by atomic mass is 10.00. The summed E-state index contributed by atoms with van der Waals surface area (Å²) in [5.74, 6) is 0.691. The Balaban J connectivity index is 1.62. The first kappa shape index (κ1) is 15.0. The molecule has 2 unspecified atom stereocenters. The highest BCUT2D eigenvalue weighted by Crippen LogP contribution is 2.28. The molecule has 0 spiro atoms. The van der Waals surface area contributed by atoms with E-state index in [2.05, 4.69) is 47.9 Å². The SMILES string of the molecule is CC(C)C1CN(Cc2ccn(C3CCCC3)n2)C(C)CN1. The molecule has 0 bridgehead atoms. The summed E-state index contributed by atoms with van der Waals surface area (Å²) in [5.41, 5.74) is 1.23. The molecule has 1 aliphatic carbocycles. The van der Waals surface area contributed by atoms with Crippen molar-refractivity contribution in [3.05, 3.63) is 18.0 Å². The normalized spacial score (nSPS) is 28.6. The minimum atomic E-state index is 0.594. The maximum Gasteiger partial charge on any atom is 0.0765 e. The topological polar surface area (TPSA) is 33.1 Å². The van der Waals surface area contributed by atoms with Crippen LogP contribution in [0.1, 0.15) is 58.2 Å². The van der Waals surface area contributed by atoms with Crippen molar-refractivity contribution in [2.45, 2.75) is 71.1 Å². The summed E-state index contributed by atoms with van der Waals surface area (Å²) in [4.78, 5) is 2.59. The van der Waals surface area contributed by atoms with E-state index in [1.165, 1.54) is 31.4 Å². The number of hydrogen-bond donors (Lipinski definition) is 1. The summed E-state index contributed by atoms with van der Waals surface area (Å²) in [6, 6.07) is 4.08. The molecule has 1 saturated heterocycles. The van der Waals surface area contributed by atoms with E-state index < -0.39 is 0 Å². The van der Waals surface area contributed by atoms with E-state index in [1.54, 1.807) is 0 Å². The Hall–Kier alpha value is -0.870. The fraction of sp³-hybridized carbons (Fsp3) is 0.824. The highest BCUT2D eigenvalue weighted by molar-refractivity contribution is 5.02. The van der Waals surface area contributed by atoms with Gasteiger partial charge in [0.15, 0.2) is 0 Å². The standard InChI is InChI=1S/C17H30N4/c1-13(2)17-12-20(14(3)10-18-17)11-15-8-9-21(19-15)16-6-4-5-7-16/h8-9,13-14,16-18H,4-7,10-12H2,1-3H3. The highest BCUT2D eigenvalue weighted by atomic mass is 15.3. The minimum absolute atomic E-state index is 0.594. The number of rotatable bonds is 4. The van der Waals surface area contributed by atoms with Crippen molar-refractivity contribution >= 4 is 0 Å². The molecule has 2 aliphatic rings. The second-order valence-corrected chi connectivity index (χ2v) is 7.26. The average molecular weight is 290 g/mol. The van der Waals surface area contributed by atoms with E-state index >= 15 is 0 Å². The molecule has 4 heteroatoms. The molecule has 1 aliphatic heterocycles. The van der Waals surface area contributed by atoms with Crippen molar-refractivity contribution in [2.24, 2.45) is 5.92 Å². The fourth-order valence-electron chi connectivity index (χ4n) is 3.66. The summed E-state index contributed by atoms with van der Waals surface area (Å²) in [6.07, 6.45) is 7.54. The van der Waals surface area contributed by atoms with Gasteiger partial charge in [0.25, 0.3) is 0 Å². The fourth-order valence-corrected chi connectivity index (χ4v) is 3.66. The molecule has 2 fully saturated rings. The van der Waals surface area contributed by atoms with Gasteiger partial charge in [-0.15, -0.1) is 0 Å². The molecule has 1 aromatic heterocycles. The number of nitrogens with one attached hydrogen (secondary N) is 1. The molecule has 2 heterocycles. The van der Waals surface area contributed by atoms with Crippen LogP contribution in [0.4, 0.5) is 0 Å². The van der Waals surface area contributed by atoms with Crippen LogP contribution in [0.5, 0.6) is 0 Å². The second-order valence-electron chi connectivity index (χ2n) is 7.26. The third kappa shape index (κ3) is 3.49. The molecule has 2 atom stereocenters. The van der Waals surface area contributed by atoms with Crippen molar-refractivity contribution in [3.8, 4) is 0 Å². The van der Waals surface area contributed by atoms with Crippen LogP contribution in [-0.2, 0) is 6.54 Å². The van der Waals surface area contributed by atoms with E-state index in [0.717, 1.165) is 19.6 Å². The Kier molecular flexibility index (Phi) is 4.65. The zero-order valence-electron chi connectivity index (χ0n) is 13.8. The Morgan fingerprint density at radius 2 is 2.10 bits per heavy atom. The first-order valence-electron chi connectivity index (χ1n) is 8.65. The molecule has 21 heavy (non-hydrogen) atoms. The van der Waals surface area contributed by atoms with Gasteiger partial charge in [0.05, 0.1) is 11.7 Å². The van der Waals surface area contributed by atoms with E-state index in [-0.39, 0.29) is 0 Å². The lowest BCUT2D eigenvalue weighted by molar-refractivity contribution is 0.114. The number of nitrogens with zero attached hydrogens (tertiary/aromatic N) is 3. The van der Waals surface area contributed by atoms with Crippen molar-refractivity contribution in [1.82, 2.24) is 20.0 Å². The van der Waals surface area contributed by atoms with Crippen LogP contribution in [0.25, 0.3) is 0 Å². The van der Waals surface area contributed by atoms with Crippen LogP contribution >= 0.6 is 0 Å². The van der Waals surface area contributed by atoms with Crippen LogP contribution in [-0.4, -0.2) is 39.9 Å². The highest BCUT2D eigenvalue weighted by Gasteiger charge is 2.27. The van der Waals surface area contributed by atoms with Crippen molar-refractivity contribution < 1.29 is 0 Å². The largest absolute Gasteiger partial charge is 0.311 e. The van der Waals surface area contributed by atoms with Gasteiger partial charge in [-0.25, -0.2) is 0 Å². The minimum Gasteiger partial charge on any atom is -0.311 e.